The van der Waals surface area contributed by atoms with Gasteiger partial charge in [-0.1, -0.05) is 42.8 Å². The molecule has 0 N–H and O–H groups in total. The van der Waals surface area contributed by atoms with Crippen molar-refractivity contribution in [1.82, 2.24) is 18.7 Å². The van der Waals surface area contributed by atoms with Gasteiger partial charge in [0, 0.05) is 26.1 Å². The molecule has 2 aromatic carbocycles. The van der Waals surface area contributed by atoms with Gasteiger partial charge < -0.3 is 9.30 Å². The van der Waals surface area contributed by atoms with Crippen LogP contribution in [0.3, 0.4) is 0 Å². The number of nitrogens with zero attached hydrogens (tertiary/aromatic N) is 4. The standard InChI is InChI=1S/C23H23ClN4O3/c1-5-19-25-21-20(27(19)13-15-9-7-6-8-14(15)2)22(29)26(3)23(30)28(21)18-11-10-16(31-4)12-17(18)24/h6-12H,5,13H2,1-4H3. The molecule has 0 atom stereocenters. The number of rotatable bonds is 5. The Balaban J connectivity index is 2.06. The van der Waals surface area contributed by atoms with E-state index >= 15 is 0 Å². The fraction of sp³-hybridized carbons (Fsp3) is 0.261. The SMILES string of the molecule is CCc1nc2c(c(=O)n(C)c(=O)n2-c2ccc(OC)cc2Cl)n1Cc1ccccc1C. The van der Waals surface area contributed by atoms with Gasteiger partial charge in [-0.3, -0.25) is 9.36 Å². The maximum absolute atomic E-state index is 13.2. The summed E-state index contributed by atoms with van der Waals surface area (Å²) in [5.74, 6) is 1.29. The average Bonchev–Trinajstić information content (AvgIpc) is 3.12. The third kappa shape index (κ3) is 3.45. The molecular formula is C23H23ClN4O3. The Hall–Kier alpha value is -3.32. The van der Waals surface area contributed by atoms with Crippen LogP contribution in [0.15, 0.2) is 52.1 Å². The summed E-state index contributed by atoms with van der Waals surface area (Å²) in [5.41, 5.74) is 2.42. The lowest BCUT2D eigenvalue weighted by Crippen LogP contribution is -2.38. The topological polar surface area (TPSA) is 71.1 Å². The Labute approximate surface area is 184 Å². The lowest BCUT2D eigenvalue weighted by molar-refractivity contribution is 0.415. The van der Waals surface area contributed by atoms with Crippen LogP contribution in [0.5, 0.6) is 5.75 Å². The minimum Gasteiger partial charge on any atom is -0.497 e. The Morgan fingerprint density at radius 1 is 1.13 bits per heavy atom. The first-order chi connectivity index (χ1) is 14.9. The summed E-state index contributed by atoms with van der Waals surface area (Å²) in [5, 5.41) is 0.327. The number of benzene rings is 2. The van der Waals surface area contributed by atoms with E-state index in [4.69, 9.17) is 21.3 Å². The van der Waals surface area contributed by atoms with Crippen LogP contribution < -0.4 is 16.0 Å². The second kappa shape index (κ2) is 8.07. The lowest BCUT2D eigenvalue weighted by atomic mass is 10.1. The number of fused-ring (bicyclic) bond motifs is 1. The van der Waals surface area contributed by atoms with E-state index in [0.29, 0.717) is 40.6 Å². The van der Waals surface area contributed by atoms with Gasteiger partial charge in [-0.15, -0.1) is 0 Å². The first-order valence-electron chi connectivity index (χ1n) is 9.97. The molecule has 0 saturated heterocycles. The maximum Gasteiger partial charge on any atom is 0.337 e. The molecule has 160 valence electrons. The molecule has 31 heavy (non-hydrogen) atoms. The average molecular weight is 439 g/mol. The van der Waals surface area contributed by atoms with Crippen LogP contribution in [0, 0.1) is 6.92 Å². The van der Waals surface area contributed by atoms with Crippen molar-refractivity contribution in [1.29, 1.82) is 0 Å². The van der Waals surface area contributed by atoms with E-state index in [-0.39, 0.29) is 5.56 Å². The number of ether oxygens (including phenoxy) is 1. The molecule has 0 saturated carbocycles. The van der Waals surface area contributed by atoms with Gasteiger partial charge in [-0.2, -0.15) is 0 Å². The van der Waals surface area contributed by atoms with E-state index in [1.807, 2.05) is 42.7 Å². The summed E-state index contributed by atoms with van der Waals surface area (Å²) in [6, 6.07) is 13.1. The molecule has 0 aliphatic rings. The first-order valence-corrected chi connectivity index (χ1v) is 10.3. The van der Waals surface area contributed by atoms with Crippen LogP contribution in [-0.4, -0.2) is 25.8 Å². The monoisotopic (exact) mass is 438 g/mol. The summed E-state index contributed by atoms with van der Waals surface area (Å²) in [6.45, 7) is 4.49. The Bertz CT molecular complexity index is 1420. The van der Waals surface area contributed by atoms with Crippen molar-refractivity contribution in [3.05, 3.63) is 85.3 Å². The fourth-order valence-electron chi connectivity index (χ4n) is 3.75. The van der Waals surface area contributed by atoms with Crippen LogP contribution in [0.1, 0.15) is 23.9 Å². The second-order valence-electron chi connectivity index (χ2n) is 7.37. The molecule has 0 amide bonds. The number of halogens is 1. The van der Waals surface area contributed by atoms with Crippen molar-refractivity contribution >= 4 is 22.8 Å². The number of aryl methyl sites for hydroxylation is 2. The predicted octanol–water partition coefficient (Wildman–Crippen LogP) is 3.47. The van der Waals surface area contributed by atoms with Gasteiger partial charge in [-0.25, -0.2) is 14.3 Å². The van der Waals surface area contributed by atoms with Gasteiger partial charge in [0.2, 0.25) is 0 Å². The van der Waals surface area contributed by atoms with Crippen molar-refractivity contribution in [3.8, 4) is 11.4 Å². The normalized spacial score (nSPS) is 11.3. The van der Waals surface area contributed by atoms with E-state index < -0.39 is 5.69 Å². The zero-order valence-electron chi connectivity index (χ0n) is 17.8. The van der Waals surface area contributed by atoms with Crippen LogP contribution in [0.25, 0.3) is 16.9 Å². The number of aromatic nitrogens is 4. The summed E-state index contributed by atoms with van der Waals surface area (Å²) in [7, 11) is 3.01. The number of hydrogen-bond donors (Lipinski definition) is 0. The highest BCUT2D eigenvalue weighted by Crippen LogP contribution is 2.27. The summed E-state index contributed by atoms with van der Waals surface area (Å²) in [6.07, 6.45) is 0.605. The predicted molar refractivity (Wildman–Crippen MR) is 122 cm³/mol. The van der Waals surface area contributed by atoms with Gasteiger partial charge >= 0.3 is 5.69 Å². The van der Waals surface area contributed by atoms with Crippen LogP contribution in [0.4, 0.5) is 0 Å². The summed E-state index contributed by atoms with van der Waals surface area (Å²) < 4.78 is 9.60. The smallest absolute Gasteiger partial charge is 0.337 e. The molecule has 0 aliphatic carbocycles. The molecule has 2 heterocycles. The van der Waals surface area contributed by atoms with Crippen molar-refractivity contribution in [2.75, 3.05) is 7.11 Å². The molecule has 2 aromatic heterocycles. The molecule has 0 aliphatic heterocycles. The highest BCUT2D eigenvalue weighted by Gasteiger charge is 2.22. The number of methoxy groups -OCH3 is 1. The van der Waals surface area contributed by atoms with Gasteiger partial charge in [0.1, 0.15) is 11.6 Å². The molecular weight excluding hydrogens is 416 g/mol. The maximum atomic E-state index is 13.2. The largest absolute Gasteiger partial charge is 0.497 e. The van der Waals surface area contributed by atoms with Crippen molar-refractivity contribution < 1.29 is 4.74 Å². The molecule has 4 aromatic rings. The summed E-state index contributed by atoms with van der Waals surface area (Å²) in [4.78, 5) is 31.0. The molecule has 0 radical (unpaired) electrons. The third-order valence-electron chi connectivity index (χ3n) is 5.53. The minimum atomic E-state index is -0.507. The van der Waals surface area contributed by atoms with Crippen molar-refractivity contribution in [2.24, 2.45) is 7.05 Å². The first kappa shape index (κ1) is 20.9. The molecule has 0 spiro atoms. The van der Waals surface area contributed by atoms with E-state index in [1.54, 1.807) is 25.3 Å². The number of hydrogen-bond acceptors (Lipinski definition) is 4. The number of imidazole rings is 1. The third-order valence-corrected chi connectivity index (χ3v) is 5.83. The molecule has 0 bridgehead atoms. The molecule has 0 unspecified atom stereocenters. The van der Waals surface area contributed by atoms with Crippen molar-refractivity contribution in [3.63, 3.8) is 0 Å². The van der Waals surface area contributed by atoms with E-state index in [9.17, 15) is 9.59 Å². The minimum absolute atomic E-state index is 0.297. The van der Waals surface area contributed by atoms with E-state index in [0.717, 1.165) is 21.5 Å². The van der Waals surface area contributed by atoms with Crippen LogP contribution in [0.2, 0.25) is 5.02 Å². The van der Waals surface area contributed by atoms with E-state index in [1.165, 1.54) is 11.6 Å². The fourth-order valence-corrected chi connectivity index (χ4v) is 4.00. The molecule has 0 fully saturated rings. The second-order valence-corrected chi connectivity index (χ2v) is 7.77. The van der Waals surface area contributed by atoms with Gasteiger partial charge in [0.05, 0.1) is 17.8 Å². The summed E-state index contributed by atoms with van der Waals surface area (Å²) >= 11 is 6.48. The lowest BCUT2D eigenvalue weighted by Gasteiger charge is -2.13. The Morgan fingerprint density at radius 2 is 1.87 bits per heavy atom. The molecule has 7 nitrogen and oxygen atoms in total. The zero-order valence-corrected chi connectivity index (χ0v) is 18.6. The highest BCUT2D eigenvalue weighted by molar-refractivity contribution is 6.32. The quantitative estimate of drug-likeness (QED) is 0.478. The van der Waals surface area contributed by atoms with Crippen molar-refractivity contribution in [2.45, 2.75) is 26.8 Å². The van der Waals surface area contributed by atoms with Crippen LogP contribution in [-0.2, 0) is 20.0 Å². The molecule has 4 rings (SSSR count). The Kier molecular flexibility index (Phi) is 5.45. The van der Waals surface area contributed by atoms with E-state index in [2.05, 4.69) is 0 Å². The Morgan fingerprint density at radius 3 is 2.52 bits per heavy atom. The highest BCUT2D eigenvalue weighted by atomic mass is 35.5. The van der Waals surface area contributed by atoms with Gasteiger partial charge in [0.25, 0.3) is 5.56 Å². The van der Waals surface area contributed by atoms with Gasteiger partial charge in [-0.05, 0) is 30.2 Å². The molecule has 8 heteroatoms. The van der Waals surface area contributed by atoms with Gasteiger partial charge in [0.15, 0.2) is 11.2 Å². The van der Waals surface area contributed by atoms with Crippen LogP contribution >= 0.6 is 11.6 Å². The zero-order chi connectivity index (χ0) is 22.3.